The van der Waals surface area contributed by atoms with Crippen molar-refractivity contribution < 1.29 is 4.42 Å². The molecule has 2 nitrogen and oxygen atoms in total. The second-order valence-electron chi connectivity index (χ2n) is 3.41. The van der Waals surface area contributed by atoms with Crippen molar-refractivity contribution in [3.05, 3.63) is 42.5 Å². The van der Waals surface area contributed by atoms with Gasteiger partial charge in [0.2, 0.25) is 0 Å². The van der Waals surface area contributed by atoms with E-state index in [1.165, 1.54) is 10.8 Å². The van der Waals surface area contributed by atoms with Gasteiger partial charge in [-0.2, -0.15) is 0 Å². The van der Waals surface area contributed by atoms with E-state index in [0.717, 1.165) is 16.6 Å². The van der Waals surface area contributed by atoms with Crippen LogP contribution in [0.2, 0.25) is 0 Å². The van der Waals surface area contributed by atoms with Gasteiger partial charge in [0.1, 0.15) is 18.0 Å². The minimum atomic E-state index is 0.932. The van der Waals surface area contributed by atoms with Gasteiger partial charge in [0, 0.05) is 16.5 Å². The van der Waals surface area contributed by atoms with Crippen molar-refractivity contribution >= 4 is 21.7 Å². The van der Waals surface area contributed by atoms with Crippen molar-refractivity contribution in [1.82, 2.24) is 4.98 Å². The zero-order chi connectivity index (χ0) is 9.54. The molecule has 1 aromatic carbocycles. The van der Waals surface area contributed by atoms with Gasteiger partial charge in [-0.15, -0.1) is 0 Å². The summed E-state index contributed by atoms with van der Waals surface area (Å²) in [5.41, 5.74) is 1.98. The summed E-state index contributed by atoms with van der Waals surface area (Å²) in [7, 11) is 0. The van der Waals surface area contributed by atoms with Gasteiger partial charge >= 0.3 is 0 Å². The van der Waals surface area contributed by atoms with Gasteiger partial charge in [-0.25, -0.2) is 4.98 Å². The Morgan fingerprint density at radius 3 is 2.64 bits per heavy atom. The van der Waals surface area contributed by atoms with Crippen LogP contribution in [0.25, 0.3) is 21.7 Å². The standard InChI is InChI=1S/C12H9NO/c1-8-9-4-2-3-5-10(9)11-6-14-7-12(11)13-8/h2-7H,1H3. The van der Waals surface area contributed by atoms with Crippen LogP contribution in [-0.2, 0) is 0 Å². The molecule has 0 aliphatic heterocycles. The molecule has 0 saturated heterocycles. The van der Waals surface area contributed by atoms with Gasteiger partial charge in [0.05, 0.1) is 0 Å². The molecule has 3 aromatic rings. The van der Waals surface area contributed by atoms with Crippen LogP contribution in [0.3, 0.4) is 0 Å². The van der Waals surface area contributed by atoms with Crippen molar-refractivity contribution in [2.75, 3.05) is 0 Å². The lowest BCUT2D eigenvalue weighted by Crippen LogP contribution is -1.84. The van der Waals surface area contributed by atoms with E-state index in [9.17, 15) is 0 Å². The summed E-state index contributed by atoms with van der Waals surface area (Å²) < 4.78 is 5.17. The van der Waals surface area contributed by atoms with Crippen LogP contribution in [0.1, 0.15) is 5.69 Å². The monoisotopic (exact) mass is 183 g/mol. The highest BCUT2D eigenvalue weighted by Gasteiger charge is 2.05. The first kappa shape index (κ1) is 7.56. The molecule has 0 bridgehead atoms. The minimum absolute atomic E-state index is 0.932. The van der Waals surface area contributed by atoms with Gasteiger partial charge in [-0.05, 0) is 12.3 Å². The summed E-state index contributed by atoms with van der Waals surface area (Å²) in [4.78, 5) is 4.47. The molecule has 2 heterocycles. The van der Waals surface area contributed by atoms with Crippen molar-refractivity contribution in [2.24, 2.45) is 0 Å². The molecule has 2 heteroatoms. The maximum Gasteiger partial charge on any atom is 0.117 e. The highest BCUT2D eigenvalue weighted by atomic mass is 16.3. The molecule has 0 saturated carbocycles. The summed E-state index contributed by atoms with van der Waals surface area (Å²) in [6.07, 6.45) is 3.44. The SMILES string of the molecule is Cc1nc2cocc2c2ccccc12. The number of aryl methyl sites for hydroxylation is 1. The fourth-order valence-corrected chi connectivity index (χ4v) is 1.85. The maximum absolute atomic E-state index is 5.17. The predicted octanol–water partition coefficient (Wildman–Crippen LogP) is 3.29. The van der Waals surface area contributed by atoms with E-state index in [0.29, 0.717) is 0 Å². The van der Waals surface area contributed by atoms with E-state index in [1.807, 2.05) is 19.1 Å². The van der Waals surface area contributed by atoms with E-state index in [2.05, 4.69) is 17.1 Å². The fourth-order valence-electron chi connectivity index (χ4n) is 1.85. The third kappa shape index (κ3) is 0.880. The molecule has 0 aliphatic rings. The first-order valence-corrected chi connectivity index (χ1v) is 4.57. The van der Waals surface area contributed by atoms with Crippen LogP contribution < -0.4 is 0 Å². The molecule has 0 atom stereocenters. The van der Waals surface area contributed by atoms with Crippen molar-refractivity contribution in [3.8, 4) is 0 Å². The molecular weight excluding hydrogens is 174 g/mol. The van der Waals surface area contributed by atoms with E-state index in [-0.39, 0.29) is 0 Å². The van der Waals surface area contributed by atoms with Crippen molar-refractivity contribution in [3.63, 3.8) is 0 Å². The Hall–Kier alpha value is -1.83. The van der Waals surface area contributed by atoms with Gasteiger partial charge in [0.15, 0.2) is 0 Å². The quantitative estimate of drug-likeness (QED) is 0.534. The first-order valence-electron chi connectivity index (χ1n) is 4.57. The third-order valence-corrected chi connectivity index (χ3v) is 2.54. The summed E-state index contributed by atoms with van der Waals surface area (Å²) >= 11 is 0. The molecule has 3 rings (SSSR count). The number of aromatic nitrogens is 1. The summed E-state index contributed by atoms with van der Waals surface area (Å²) in [5, 5.41) is 3.50. The van der Waals surface area contributed by atoms with Gasteiger partial charge in [-0.1, -0.05) is 24.3 Å². The van der Waals surface area contributed by atoms with Crippen LogP contribution in [0, 0.1) is 6.92 Å². The first-order chi connectivity index (χ1) is 6.86. The largest absolute Gasteiger partial charge is 0.470 e. The van der Waals surface area contributed by atoms with Gasteiger partial charge < -0.3 is 4.42 Å². The highest BCUT2D eigenvalue weighted by molar-refractivity contribution is 6.05. The lowest BCUT2D eigenvalue weighted by atomic mass is 10.1. The van der Waals surface area contributed by atoms with E-state index in [1.54, 1.807) is 12.5 Å². The number of pyridine rings is 1. The molecule has 0 unspecified atom stereocenters. The van der Waals surface area contributed by atoms with E-state index in [4.69, 9.17) is 4.42 Å². The van der Waals surface area contributed by atoms with Crippen LogP contribution in [0.15, 0.2) is 41.2 Å². The number of benzene rings is 1. The predicted molar refractivity (Wildman–Crippen MR) is 56.3 cm³/mol. The second-order valence-corrected chi connectivity index (χ2v) is 3.41. The fraction of sp³-hybridized carbons (Fsp3) is 0.0833. The van der Waals surface area contributed by atoms with Crippen LogP contribution in [0.5, 0.6) is 0 Å². The lowest BCUT2D eigenvalue weighted by molar-refractivity contribution is 0.572. The Labute approximate surface area is 81.2 Å². The van der Waals surface area contributed by atoms with Crippen LogP contribution in [-0.4, -0.2) is 4.98 Å². The normalized spacial score (nSPS) is 11.2. The number of nitrogens with zero attached hydrogens (tertiary/aromatic N) is 1. The van der Waals surface area contributed by atoms with Crippen molar-refractivity contribution in [2.45, 2.75) is 6.92 Å². The Bertz CT molecular complexity index is 610. The Morgan fingerprint density at radius 1 is 1.00 bits per heavy atom. The van der Waals surface area contributed by atoms with E-state index >= 15 is 0 Å². The summed E-state index contributed by atoms with van der Waals surface area (Å²) in [5.74, 6) is 0. The number of hydrogen-bond acceptors (Lipinski definition) is 2. The van der Waals surface area contributed by atoms with Gasteiger partial charge in [-0.3, -0.25) is 0 Å². The Kier molecular flexibility index (Phi) is 1.39. The summed E-state index contributed by atoms with van der Waals surface area (Å²) in [6, 6.07) is 8.25. The second kappa shape index (κ2) is 2.58. The Balaban J connectivity index is 2.67. The zero-order valence-electron chi connectivity index (χ0n) is 7.82. The molecule has 0 radical (unpaired) electrons. The molecule has 68 valence electrons. The average Bonchev–Trinajstić information content (AvgIpc) is 2.66. The minimum Gasteiger partial charge on any atom is -0.470 e. The smallest absolute Gasteiger partial charge is 0.117 e. The lowest BCUT2D eigenvalue weighted by Gasteiger charge is -2.01. The number of hydrogen-bond donors (Lipinski definition) is 0. The molecule has 0 fully saturated rings. The maximum atomic E-state index is 5.17. The van der Waals surface area contributed by atoms with Crippen molar-refractivity contribution in [1.29, 1.82) is 0 Å². The molecular formula is C12H9NO. The Morgan fingerprint density at radius 2 is 1.79 bits per heavy atom. The average molecular weight is 183 g/mol. The molecule has 2 aromatic heterocycles. The molecule has 0 amide bonds. The molecule has 0 spiro atoms. The molecule has 14 heavy (non-hydrogen) atoms. The van der Waals surface area contributed by atoms with E-state index < -0.39 is 0 Å². The van der Waals surface area contributed by atoms with Crippen LogP contribution >= 0.6 is 0 Å². The topological polar surface area (TPSA) is 26.0 Å². The number of furan rings is 1. The van der Waals surface area contributed by atoms with Crippen LogP contribution in [0.4, 0.5) is 0 Å². The third-order valence-electron chi connectivity index (χ3n) is 2.54. The zero-order valence-corrected chi connectivity index (χ0v) is 7.82. The number of fused-ring (bicyclic) bond motifs is 3. The van der Waals surface area contributed by atoms with Gasteiger partial charge in [0.25, 0.3) is 0 Å². The summed E-state index contributed by atoms with van der Waals surface area (Å²) in [6.45, 7) is 2.02. The molecule has 0 N–H and O–H groups in total. The number of rotatable bonds is 0. The highest BCUT2D eigenvalue weighted by Crippen LogP contribution is 2.26. The molecule has 0 aliphatic carbocycles.